The van der Waals surface area contributed by atoms with Gasteiger partial charge in [0.1, 0.15) is 11.5 Å². The number of hydrogen-bond acceptors (Lipinski definition) is 4. The number of ketones is 2. The van der Waals surface area contributed by atoms with Gasteiger partial charge in [-0.1, -0.05) is 72.8 Å². The third-order valence-electron chi connectivity index (χ3n) is 5.14. The molecule has 0 heterocycles. The van der Waals surface area contributed by atoms with E-state index in [1.807, 2.05) is 24.3 Å². The van der Waals surface area contributed by atoms with Gasteiger partial charge in [0.2, 0.25) is 0 Å². The van der Waals surface area contributed by atoms with Gasteiger partial charge in [0.25, 0.3) is 0 Å². The van der Waals surface area contributed by atoms with Crippen molar-refractivity contribution in [3.8, 4) is 33.8 Å². The van der Waals surface area contributed by atoms with Crippen molar-refractivity contribution in [1.29, 1.82) is 0 Å². The smallest absolute Gasteiger partial charge is 0.170 e. The van der Waals surface area contributed by atoms with E-state index in [0.717, 1.165) is 22.3 Å². The SMILES string of the molecule is O=C(CC(=O)c1ccc(-c2ccc(O)cc2)cc1)c1ccc(-c2ccc(O)cc2)cc1. The van der Waals surface area contributed by atoms with Crippen molar-refractivity contribution in [3.63, 3.8) is 0 Å². The van der Waals surface area contributed by atoms with Crippen molar-refractivity contribution in [2.45, 2.75) is 6.42 Å². The zero-order valence-corrected chi connectivity index (χ0v) is 16.7. The van der Waals surface area contributed by atoms with E-state index < -0.39 is 0 Å². The van der Waals surface area contributed by atoms with Gasteiger partial charge in [-0.15, -0.1) is 0 Å². The molecule has 0 unspecified atom stereocenters. The van der Waals surface area contributed by atoms with Gasteiger partial charge in [-0.05, 0) is 46.5 Å². The van der Waals surface area contributed by atoms with E-state index in [0.29, 0.717) is 11.1 Å². The lowest BCUT2D eigenvalue weighted by Gasteiger charge is -2.06. The zero-order chi connectivity index (χ0) is 21.8. The summed E-state index contributed by atoms with van der Waals surface area (Å²) in [7, 11) is 0. The summed E-state index contributed by atoms with van der Waals surface area (Å²) in [6.07, 6.45) is -0.197. The molecule has 0 aromatic heterocycles. The van der Waals surface area contributed by atoms with Crippen molar-refractivity contribution >= 4 is 11.6 Å². The fourth-order valence-corrected chi connectivity index (χ4v) is 3.35. The highest BCUT2D eigenvalue weighted by Gasteiger charge is 2.14. The van der Waals surface area contributed by atoms with Crippen LogP contribution >= 0.6 is 0 Å². The van der Waals surface area contributed by atoms with Crippen LogP contribution in [0.15, 0.2) is 97.1 Å². The van der Waals surface area contributed by atoms with Crippen molar-refractivity contribution < 1.29 is 19.8 Å². The molecule has 0 spiro atoms. The minimum absolute atomic E-state index is 0.197. The molecule has 0 aliphatic carbocycles. The van der Waals surface area contributed by atoms with Crippen LogP contribution in [-0.4, -0.2) is 21.8 Å². The Balaban J connectivity index is 1.42. The summed E-state index contributed by atoms with van der Waals surface area (Å²) < 4.78 is 0. The molecule has 0 atom stereocenters. The Hall–Kier alpha value is -4.18. The molecule has 4 heteroatoms. The maximum atomic E-state index is 12.6. The van der Waals surface area contributed by atoms with Gasteiger partial charge in [-0.25, -0.2) is 0 Å². The van der Waals surface area contributed by atoms with Crippen LogP contribution in [0, 0.1) is 0 Å². The topological polar surface area (TPSA) is 74.6 Å². The molecule has 4 aromatic rings. The van der Waals surface area contributed by atoms with E-state index >= 15 is 0 Å². The average Bonchev–Trinajstić information content (AvgIpc) is 2.80. The fraction of sp³-hybridized carbons (Fsp3) is 0.0370. The number of hydrogen-bond donors (Lipinski definition) is 2. The van der Waals surface area contributed by atoms with Crippen LogP contribution in [-0.2, 0) is 0 Å². The molecule has 0 aliphatic rings. The van der Waals surface area contributed by atoms with E-state index in [4.69, 9.17) is 0 Å². The lowest BCUT2D eigenvalue weighted by Crippen LogP contribution is -2.08. The Kier molecular flexibility index (Phi) is 5.63. The first-order valence-corrected chi connectivity index (χ1v) is 9.85. The van der Waals surface area contributed by atoms with Crippen molar-refractivity contribution in [2.75, 3.05) is 0 Å². The quantitative estimate of drug-likeness (QED) is 0.308. The van der Waals surface area contributed by atoms with Crippen LogP contribution in [0.5, 0.6) is 11.5 Å². The van der Waals surface area contributed by atoms with Gasteiger partial charge in [-0.2, -0.15) is 0 Å². The number of benzene rings is 4. The molecule has 0 saturated heterocycles. The summed E-state index contributed by atoms with van der Waals surface area (Å²) in [6, 6.07) is 27.8. The third-order valence-corrected chi connectivity index (χ3v) is 5.14. The Morgan fingerprint density at radius 1 is 0.452 bits per heavy atom. The predicted octanol–water partition coefficient (Wildman–Crippen LogP) is 5.89. The van der Waals surface area contributed by atoms with Crippen LogP contribution in [0.3, 0.4) is 0 Å². The van der Waals surface area contributed by atoms with Crippen molar-refractivity contribution in [3.05, 3.63) is 108 Å². The van der Waals surface area contributed by atoms with Gasteiger partial charge < -0.3 is 10.2 Å². The van der Waals surface area contributed by atoms with Gasteiger partial charge in [-0.3, -0.25) is 9.59 Å². The Morgan fingerprint density at radius 3 is 1.00 bits per heavy atom. The minimum atomic E-state index is -0.232. The minimum Gasteiger partial charge on any atom is -0.508 e. The summed E-state index contributed by atoms with van der Waals surface area (Å²) >= 11 is 0. The highest BCUT2D eigenvalue weighted by molar-refractivity contribution is 6.13. The zero-order valence-electron chi connectivity index (χ0n) is 16.7. The lowest BCUT2D eigenvalue weighted by atomic mass is 9.97. The van der Waals surface area contributed by atoms with E-state index in [1.165, 1.54) is 0 Å². The predicted molar refractivity (Wildman–Crippen MR) is 120 cm³/mol. The van der Waals surface area contributed by atoms with Gasteiger partial charge in [0.15, 0.2) is 11.6 Å². The summed E-state index contributed by atoms with van der Waals surface area (Å²) in [5.74, 6) is -0.0648. The average molecular weight is 408 g/mol. The second-order valence-corrected chi connectivity index (χ2v) is 7.27. The molecule has 0 aliphatic heterocycles. The first kappa shape index (κ1) is 20.1. The Bertz CT molecular complexity index is 1110. The third kappa shape index (κ3) is 4.70. The molecule has 0 fully saturated rings. The fourth-order valence-electron chi connectivity index (χ4n) is 3.35. The maximum absolute atomic E-state index is 12.6. The molecule has 4 nitrogen and oxygen atoms in total. The van der Waals surface area contributed by atoms with Crippen molar-refractivity contribution in [2.24, 2.45) is 0 Å². The number of carbonyl (C=O) groups is 2. The van der Waals surface area contributed by atoms with Crippen LogP contribution in [0.2, 0.25) is 0 Å². The Morgan fingerprint density at radius 2 is 0.710 bits per heavy atom. The van der Waals surface area contributed by atoms with Crippen LogP contribution in [0.1, 0.15) is 27.1 Å². The molecule has 152 valence electrons. The van der Waals surface area contributed by atoms with Gasteiger partial charge in [0.05, 0.1) is 6.42 Å². The number of Topliss-reactive ketones (excluding diaryl/α,β-unsaturated/α-hetero) is 2. The van der Waals surface area contributed by atoms with Crippen LogP contribution in [0.25, 0.3) is 22.3 Å². The summed E-state index contributed by atoms with van der Waals surface area (Å²) in [6.45, 7) is 0. The highest BCUT2D eigenvalue weighted by atomic mass is 16.3. The largest absolute Gasteiger partial charge is 0.508 e. The van der Waals surface area contributed by atoms with E-state index in [2.05, 4.69) is 0 Å². The number of rotatable bonds is 6. The molecular weight excluding hydrogens is 388 g/mol. The molecule has 0 bridgehead atoms. The summed E-state index contributed by atoms with van der Waals surface area (Å²) in [4.78, 5) is 25.1. The molecule has 31 heavy (non-hydrogen) atoms. The number of phenolic OH excluding ortho intramolecular Hbond substituents is 2. The van der Waals surface area contributed by atoms with E-state index in [-0.39, 0.29) is 29.5 Å². The van der Waals surface area contributed by atoms with Crippen LogP contribution in [0.4, 0.5) is 0 Å². The van der Waals surface area contributed by atoms with Crippen molar-refractivity contribution in [1.82, 2.24) is 0 Å². The summed E-state index contributed by atoms with van der Waals surface area (Å²) in [5, 5.41) is 18.8. The molecule has 2 N–H and O–H groups in total. The monoisotopic (exact) mass is 408 g/mol. The lowest BCUT2D eigenvalue weighted by molar-refractivity contribution is 0.0894. The van der Waals surface area contributed by atoms with Crippen LogP contribution < -0.4 is 0 Å². The summed E-state index contributed by atoms with van der Waals surface area (Å²) in [5.41, 5.74) is 4.68. The number of carbonyl (C=O) groups excluding carboxylic acids is 2. The maximum Gasteiger partial charge on any atom is 0.170 e. The molecule has 0 saturated carbocycles. The molecular formula is C27H20O4. The first-order valence-electron chi connectivity index (χ1n) is 9.85. The second-order valence-electron chi connectivity index (χ2n) is 7.27. The first-order chi connectivity index (χ1) is 15.0. The van der Waals surface area contributed by atoms with E-state index in [9.17, 15) is 19.8 Å². The Labute approximate surface area is 180 Å². The highest BCUT2D eigenvalue weighted by Crippen LogP contribution is 2.24. The molecule has 4 rings (SSSR count). The van der Waals surface area contributed by atoms with Gasteiger partial charge in [0, 0.05) is 11.1 Å². The molecule has 0 amide bonds. The number of phenols is 2. The normalized spacial score (nSPS) is 10.6. The second kappa shape index (κ2) is 8.67. The molecule has 4 aromatic carbocycles. The van der Waals surface area contributed by atoms with Gasteiger partial charge >= 0.3 is 0 Å². The van der Waals surface area contributed by atoms with E-state index in [1.54, 1.807) is 72.8 Å². The standard InChI is InChI=1S/C27H20O4/c28-24-13-9-20(10-14-24)18-1-5-22(6-2-18)26(30)17-27(31)23-7-3-19(4-8-23)21-11-15-25(29)16-12-21/h1-16,28-29H,17H2. The molecule has 0 radical (unpaired) electrons. The number of aromatic hydroxyl groups is 2.